The normalized spacial score (nSPS) is 26.5. The van der Waals surface area contributed by atoms with Gasteiger partial charge in [-0.2, -0.15) is 0 Å². The highest BCUT2D eigenvalue weighted by Crippen LogP contribution is 2.21. The zero-order chi connectivity index (χ0) is 13.8. The quantitative estimate of drug-likeness (QED) is 0.697. The molecule has 1 heterocycles. The second kappa shape index (κ2) is 7.16. The van der Waals surface area contributed by atoms with Crippen LogP contribution in [-0.2, 0) is 13.9 Å². The molecule has 0 saturated carbocycles. The van der Waals surface area contributed by atoms with Gasteiger partial charge in [0.05, 0.1) is 27.4 Å². The molecule has 0 amide bonds. The van der Waals surface area contributed by atoms with Crippen LogP contribution in [0.4, 0.5) is 0 Å². The zero-order valence-electron chi connectivity index (χ0n) is 12.7. The Bertz CT molecular complexity index is 251. The minimum absolute atomic E-state index is 0.203. The average molecular weight is 291 g/mol. The third-order valence-corrected chi connectivity index (χ3v) is 6.67. The molecule has 1 rings (SSSR count). The van der Waals surface area contributed by atoms with E-state index in [0.29, 0.717) is 12.5 Å². The van der Waals surface area contributed by atoms with Gasteiger partial charge in [0.1, 0.15) is 0 Å². The fourth-order valence-electron chi connectivity index (χ4n) is 2.59. The van der Waals surface area contributed by atoms with Gasteiger partial charge in [-0.25, -0.2) is 0 Å². The van der Waals surface area contributed by atoms with E-state index >= 15 is 0 Å². The topological polar surface area (TPSA) is 30.9 Å². The molecule has 0 N–H and O–H groups in total. The second-order valence-corrected chi connectivity index (χ2v) is 12.5. The third-order valence-electron chi connectivity index (χ3n) is 3.01. The average Bonchev–Trinajstić information content (AvgIpc) is 2.23. The molecule has 6 heteroatoms. The van der Waals surface area contributed by atoms with Crippen molar-refractivity contribution in [3.05, 3.63) is 0 Å². The van der Waals surface area contributed by atoms with E-state index in [1.807, 2.05) is 0 Å². The van der Waals surface area contributed by atoms with Crippen molar-refractivity contribution in [3.8, 4) is 0 Å². The molecule has 2 atom stereocenters. The van der Waals surface area contributed by atoms with Crippen LogP contribution in [-0.4, -0.2) is 67.0 Å². The maximum atomic E-state index is 6.18. The molecule has 4 nitrogen and oxygen atoms in total. The molecule has 1 radical (unpaired) electrons. The Morgan fingerprint density at radius 3 is 2.61 bits per heavy atom. The van der Waals surface area contributed by atoms with Crippen LogP contribution >= 0.6 is 0 Å². The molecule has 2 unspecified atom stereocenters. The number of methoxy groups -OCH3 is 1. The first-order valence-corrected chi connectivity index (χ1v) is 12.4. The van der Waals surface area contributed by atoms with Crippen molar-refractivity contribution >= 4 is 17.1 Å². The summed E-state index contributed by atoms with van der Waals surface area (Å²) in [5, 5.41) is 0. The number of nitrogens with zero attached hydrogens (tertiary/aromatic N) is 1. The van der Waals surface area contributed by atoms with Crippen LogP contribution in [0.1, 0.15) is 6.92 Å². The van der Waals surface area contributed by atoms with Gasteiger partial charge in [-0.3, -0.25) is 4.90 Å². The van der Waals surface area contributed by atoms with Crippen molar-refractivity contribution < 1.29 is 13.9 Å². The molecule has 1 saturated heterocycles. The number of rotatable bonds is 6. The van der Waals surface area contributed by atoms with Crippen molar-refractivity contribution in [2.24, 2.45) is 0 Å². The molecule has 1 aliphatic heterocycles. The van der Waals surface area contributed by atoms with Gasteiger partial charge in [-0.1, -0.05) is 13.1 Å². The van der Waals surface area contributed by atoms with Gasteiger partial charge in [0.2, 0.25) is 8.32 Å². The number of ether oxygens (including phenoxy) is 2. The molecule has 1 aliphatic rings. The van der Waals surface area contributed by atoms with Crippen LogP contribution < -0.4 is 0 Å². The summed E-state index contributed by atoms with van der Waals surface area (Å²) < 4.78 is 17.4. The predicted molar refractivity (Wildman–Crippen MR) is 78.7 cm³/mol. The largest absolute Gasteiger partial charge is 0.410 e. The Labute approximate surface area is 114 Å². The van der Waals surface area contributed by atoms with Gasteiger partial charge in [-0.15, -0.1) is 0 Å². The third kappa shape index (κ3) is 4.75. The Hall–Kier alpha value is 0.274. The van der Waals surface area contributed by atoms with Crippen LogP contribution in [0, 0.1) is 0 Å². The van der Waals surface area contributed by atoms with E-state index in [1.165, 1.54) is 0 Å². The van der Waals surface area contributed by atoms with Gasteiger partial charge in [0.25, 0.3) is 0 Å². The minimum atomic E-state index is -1.61. The van der Waals surface area contributed by atoms with E-state index in [4.69, 9.17) is 13.9 Å². The van der Waals surface area contributed by atoms with Crippen molar-refractivity contribution in [2.45, 2.75) is 45.1 Å². The van der Waals surface area contributed by atoms with Gasteiger partial charge in [0, 0.05) is 26.4 Å². The summed E-state index contributed by atoms with van der Waals surface area (Å²) in [6.07, 6.45) is 1.27. The molecule has 107 valence electrons. The number of hydrogen-bond donors (Lipinski definition) is 0. The predicted octanol–water partition coefficient (Wildman–Crippen LogP) is 1.73. The lowest BCUT2D eigenvalue weighted by Crippen LogP contribution is -2.62. The lowest BCUT2D eigenvalue weighted by molar-refractivity contribution is -0.0448. The van der Waals surface area contributed by atoms with Gasteiger partial charge >= 0.3 is 0 Å². The summed E-state index contributed by atoms with van der Waals surface area (Å²) in [6, 6.07) is 0. The standard InChI is InChI=1S/C12H28NO3Si2/c1-7-15-12(17(3)4)13-8-11(9-14-2)16-18(5,6)10-13/h11-12H,7-10H2,1-6H3. The molecular weight excluding hydrogens is 262 g/mol. The van der Waals surface area contributed by atoms with Crippen molar-refractivity contribution in [2.75, 3.05) is 33.0 Å². The van der Waals surface area contributed by atoms with Crippen LogP contribution in [0.2, 0.25) is 26.2 Å². The summed E-state index contributed by atoms with van der Waals surface area (Å²) in [4.78, 5) is 2.50. The van der Waals surface area contributed by atoms with Crippen molar-refractivity contribution in [1.29, 1.82) is 0 Å². The first-order chi connectivity index (χ1) is 8.39. The monoisotopic (exact) mass is 290 g/mol. The summed E-state index contributed by atoms with van der Waals surface area (Å²) in [5.41, 5.74) is 0. The fourth-order valence-corrected chi connectivity index (χ4v) is 6.59. The van der Waals surface area contributed by atoms with Crippen LogP contribution in [0.3, 0.4) is 0 Å². The summed E-state index contributed by atoms with van der Waals surface area (Å²) in [5.74, 6) is 0.301. The molecular formula is C12H28NO3Si2. The second-order valence-electron chi connectivity index (χ2n) is 5.77. The van der Waals surface area contributed by atoms with Crippen LogP contribution in [0.25, 0.3) is 0 Å². The fraction of sp³-hybridized carbons (Fsp3) is 1.00. The molecule has 1 fully saturated rings. The Morgan fingerprint density at radius 2 is 2.11 bits per heavy atom. The van der Waals surface area contributed by atoms with E-state index in [9.17, 15) is 0 Å². The molecule has 0 aromatic rings. The molecule has 0 aliphatic carbocycles. The lowest BCUT2D eigenvalue weighted by atomic mass is 10.3. The van der Waals surface area contributed by atoms with Crippen LogP contribution in [0.15, 0.2) is 0 Å². The lowest BCUT2D eigenvalue weighted by Gasteiger charge is -2.45. The maximum Gasteiger partial charge on any atom is 0.201 e. The highest BCUT2D eigenvalue weighted by molar-refractivity contribution is 6.71. The molecule has 18 heavy (non-hydrogen) atoms. The van der Waals surface area contributed by atoms with Crippen LogP contribution in [0.5, 0.6) is 0 Å². The Morgan fingerprint density at radius 1 is 1.44 bits per heavy atom. The highest BCUT2D eigenvalue weighted by atomic mass is 28.4. The molecule has 0 aromatic carbocycles. The van der Waals surface area contributed by atoms with E-state index in [0.717, 1.165) is 19.3 Å². The number of hydrogen-bond acceptors (Lipinski definition) is 4. The van der Waals surface area contributed by atoms with E-state index in [-0.39, 0.29) is 6.10 Å². The van der Waals surface area contributed by atoms with Gasteiger partial charge < -0.3 is 13.9 Å². The Balaban J connectivity index is 2.72. The maximum absolute atomic E-state index is 6.18. The minimum Gasteiger partial charge on any atom is -0.410 e. The zero-order valence-corrected chi connectivity index (χ0v) is 14.7. The smallest absolute Gasteiger partial charge is 0.201 e. The summed E-state index contributed by atoms with van der Waals surface area (Å²) >= 11 is 0. The highest BCUT2D eigenvalue weighted by Gasteiger charge is 2.39. The first-order valence-electron chi connectivity index (χ1n) is 6.72. The van der Waals surface area contributed by atoms with Crippen molar-refractivity contribution in [1.82, 2.24) is 4.90 Å². The Kier molecular flexibility index (Phi) is 6.50. The first kappa shape index (κ1) is 16.3. The SMILES string of the molecule is CCOC(N1CC(COC)O[Si](C)(C)C1)[Si](C)C. The van der Waals surface area contributed by atoms with E-state index in [1.54, 1.807) is 7.11 Å². The molecule has 0 bridgehead atoms. The van der Waals surface area contributed by atoms with E-state index in [2.05, 4.69) is 38.0 Å². The van der Waals surface area contributed by atoms with Gasteiger partial charge in [-0.05, 0) is 20.0 Å². The summed E-state index contributed by atoms with van der Waals surface area (Å²) in [6.45, 7) is 13.7. The molecule has 0 aromatic heterocycles. The van der Waals surface area contributed by atoms with Gasteiger partial charge in [0.15, 0.2) is 0 Å². The summed E-state index contributed by atoms with van der Waals surface area (Å²) in [7, 11) is -0.360. The van der Waals surface area contributed by atoms with E-state index < -0.39 is 17.1 Å². The molecule has 0 spiro atoms. The van der Waals surface area contributed by atoms with Crippen molar-refractivity contribution in [3.63, 3.8) is 0 Å².